The number of rotatable bonds is 14. The number of nitrogens with one attached hydrogen (secondary N) is 2. The van der Waals surface area contributed by atoms with Crippen LogP contribution in [0.2, 0.25) is 0 Å². The minimum Gasteiger partial charge on any atom is -0.356 e. The highest BCUT2D eigenvalue weighted by Gasteiger charge is 1.98. The molecule has 180 valence electrons. The smallest absolute Gasteiger partial charge is 0.243 e. The molecule has 0 aliphatic carbocycles. The summed E-state index contributed by atoms with van der Waals surface area (Å²) in [6.07, 6.45) is 26.8. The number of amides is 2. The Morgan fingerprint density at radius 3 is 1.84 bits per heavy atom. The summed E-state index contributed by atoms with van der Waals surface area (Å²) in [5.41, 5.74) is 0. The number of hydrogen-bond donors (Lipinski definition) is 2. The van der Waals surface area contributed by atoms with Crippen molar-refractivity contribution in [2.45, 2.75) is 67.2 Å². The molecule has 0 fully saturated rings. The van der Waals surface area contributed by atoms with Crippen LogP contribution in [0.4, 0.5) is 0 Å². The molecule has 0 aromatic carbocycles. The van der Waals surface area contributed by atoms with Crippen LogP contribution in [0.15, 0.2) is 72.9 Å². The lowest BCUT2D eigenvalue weighted by Gasteiger charge is -2.05. The maximum Gasteiger partial charge on any atom is 0.243 e. The highest BCUT2D eigenvalue weighted by molar-refractivity contribution is 5.87. The normalized spacial score (nSPS) is 12.2. The molecule has 0 bridgehead atoms. The van der Waals surface area contributed by atoms with Crippen molar-refractivity contribution in [2.75, 3.05) is 13.1 Å². The second-order valence-corrected chi connectivity index (χ2v) is 8.14. The predicted octanol–water partition coefficient (Wildman–Crippen LogP) is 6.45. The topological polar surface area (TPSA) is 58.2 Å². The van der Waals surface area contributed by atoms with E-state index in [1.165, 1.54) is 0 Å². The lowest BCUT2D eigenvalue weighted by Crippen LogP contribution is -2.26. The Labute approximate surface area is 197 Å². The highest BCUT2D eigenvalue weighted by Crippen LogP contribution is 1.94. The van der Waals surface area contributed by atoms with Crippen LogP contribution < -0.4 is 10.6 Å². The van der Waals surface area contributed by atoms with Gasteiger partial charge >= 0.3 is 0 Å². The van der Waals surface area contributed by atoms with Gasteiger partial charge < -0.3 is 10.6 Å². The number of carbonyl (C=O) groups is 2. The monoisotopic (exact) mass is 442 g/mol. The minimum atomic E-state index is 0.00568. The van der Waals surface area contributed by atoms with Gasteiger partial charge in [0.2, 0.25) is 11.8 Å². The number of hydrogen-bond acceptors (Lipinski definition) is 2. The van der Waals surface area contributed by atoms with Crippen LogP contribution in [-0.2, 0) is 9.59 Å². The first-order chi connectivity index (χ1) is 15.3. The Balaban J connectivity index is 0. The molecule has 0 heterocycles. The van der Waals surface area contributed by atoms with Gasteiger partial charge in [-0.05, 0) is 51.0 Å². The predicted molar refractivity (Wildman–Crippen MR) is 140 cm³/mol. The average molecular weight is 443 g/mol. The van der Waals surface area contributed by atoms with Crippen LogP contribution in [0.1, 0.15) is 67.2 Å². The van der Waals surface area contributed by atoms with Gasteiger partial charge in [0, 0.05) is 19.5 Å². The van der Waals surface area contributed by atoms with E-state index in [1.54, 1.807) is 6.08 Å². The van der Waals surface area contributed by atoms with Gasteiger partial charge in [0.25, 0.3) is 0 Å². The van der Waals surface area contributed by atoms with Gasteiger partial charge in [-0.2, -0.15) is 0 Å². The lowest BCUT2D eigenvalue weighted by atomic mass is 10.2. The van der Waals surface area contributed by atoms with Gasteiger partial charge in [-0.3, -0.25) is 9.59 Å². The Morgan fingerprint density at radius 1 is 0.688 bits per heavy atom. The van der Waals surface area contributed by atoms with Crippen molar-refractivity contribution >= 4 is 11.8 Å². The van der Waals surface area contributed by atoms with Crippen molar-refractivity contribution < 1.29 is 9.59 Å². The largest absolute Gasteiger partial charge is 0.356 e. The Kier molecular flexibility index (Phi) is 24.3. The Hall–Kier alpha value is -2.62. The zero-order chi connectivity index (χ0) is 24.5. The fourth-order valence-corrected chi connectivity index (χ4v) is 2.06. The average Bonchev–Trinajstić information content (AvgIpc) is 2.75. The van der Waals surface area contributed by atoms with E-state index in [0.717, 1.165) is 32.4 Å². The van der Waals surface area contributed by atoms with E-state index >= 15 is 0 Å². The summed E-state index contributed by atoms with van der Waals surface area (Å²) >= 11 is 0. The number of allylic oxidation sites excluding steroid dienone is 10. The summed E-state index contributed by atoms with van der Waals surface area (Å²) in [7, 11) is 0. The molecule has 0 atom stereocenters. The van der Waals surface area contributed by atoms with Crippen LogP contribution in [0, 0.1) is 11.8 Å². The molecule has 0 unspecified atom stereocenters. The van der Waals surface area contributed by atoms with E-state index < -0.39 is 0 Å². The summed E-state index contributed by atoms with van der Waals surface area (Å²) in [6, 6.07) is 0. The molecule has 32 heavy (non-hydrogen) atoms. The molecule has 0 aliphatic heterocycles. The van der Waals surface area contributed by atoms with E-state index in [1.807, 2.05) is 68.5 Å². The van der Waals surface area contributed by atoms with Crippen molar-refractivity contribution in [2.24, 2.45) is 11.8 Å². The van der Waals surface area contributed by atoms with E-state index in [4.69, 9.17) is 0 Å². The summed E-state index contributed by atoms with van der Waals surface area (Å²) < 4.78 is 0. The fourth-order valence-electron chi connectivity index (χ4n) is 2.06. The van der Waals surface area contributed by atoms with Crippen LogP contribution in [-0.4, -0.2) is 24.9 Å². The zero-order valence-electron chi connectivity index (χ0n) is 21.1. The van der Waals surface area contributed by atoms with E-state index in [0.29, 0.717) is 18.3 Å². The molecule has 0 spiro atoms. The molecule has 4 nitrogen and oxygen atoms in total. The molecule has 0 rings (SSSR count). The summed E-state index contributed by atoms with van der Waals surface area (Å²) in [5, 5.41) is 5.71. The van der Waals surface area contributed by atoms with Crippen molar-refractivity contribution in [1.29, 1.82) is 0 Å². The summed E-state index contributed by atoms with van der Waals surface area (Å²) in [5.74, 6) is 1.12. The first kappa shape index (κ1) is 31.6. The molecule has 4 heteroatoms. The molecule has 2 amide bonds. The van der Waals surface area contributed by atoms with E-state index in [2.05, 4.69) is 50.5 Å². The standard InChI is InChI=1S/2C14H23NO/c2*1-4-5-6-7-8-9-10-11-14(16)15-12-13(2)3/h4-7,10-11,13H,8-9,12H2,1-3H3,(H,15,16);4-7,9-10,13H,8,11-12H2,1-3H3,(H,15,16)/b5-4+,7-6-,11-10+;5-4+,7-6-,10-9+. The zero-order valence-corrected chi connectivity index (χ0v) is 21.1. The Morgan fingerprint density at radius 2 is 1.25 bits per heavy atom. The van der Waals surface area contributed by atoms with Gasteiger partial charge in [0.1, 0.15) is 0 Å². The molecule has 0 aromatic rings. The molecule has 0 radical (unpaired) electrons. The van der Waals surface area contributed by atoms with Gasteiger partial charge in [0.05, 0.1) is 0 Å². The molecule has 0 aromatic heterocycles. The van der Waals surface area contributed by atoms with Crippen molar-refractivity contribution in [3.63, 3.8) is 0 Å². The third-order valence-corrected chi connectivity index (χ3v) is 3.78. The van der Waals surface area contributed by atoms with Crippen molar-refractivity contribution in [3.8, 4) is 0 Å². The van der Waals surface area contributed by atoms with Crippen LogP contribution in [0.25, 0.3) is 0 Å². The van der Waals surface area contributed by atoms with Gasteiger partial charge in [0.15, 0.2) is 0 Å². The first-order valence-electron chi connectivity index (χ1n) is 11.7. The second kappa shape index (κ2) is 24.6. The minimum absolute atomic E-state index is 0.00568. The third kappa shape index (κ3) is 29.6. The molecular formula is C28H46N2O2. The van der Waals surface area contributed by atoms with Crippen LogP contribution in [0.3, 0.4) is 0 Å². The van der Waals surface area contributed by atoms with Crippen LogP contribution in [0.5, 0.6) is 0 Å². The molecule has 2 N–H and O–H groups in total. The van der Waals surface area contributed by atoms with Crippen molar-refractivity contribution in [3.05, 3.63) is 72.9 Å². The van der Waals surface area contributed by atoms with Gasteiger partial charge in [-0.25, -0.2) is 0 Å². The second-order valence-electron chi connectivity index (χ2n) is 8.14. The fraction of sp³-hybridized carbons (Fsp3) is 0.500. The highest BCUT2D eigenvalue weighted by atomic mass is 16.2. The van der Waals surface area contributed by atoms with Gasteiger partial charge in [-0.1, -0.05) is 94.5 Å². The molecule has 0 saturated heterocycles. The maximum atomic E-state index is 11.3. The lowest BCUT2D eigenvalue weighted by molar-refractivity contribution is -0.120. The maximum absolute atomic E-state index is 11.3. The molecule has 0 saturated carbocycles. The van der Waals surface area contributed by atoms with E-state index in [9.17, 15) is 9.59 Å². The first-order valence-corrected chi connectivity index (χ1v) is 11.7. The van der Waals surface area contributed by atoms with Gasteiger partial charge in [-0.15, -0.1) is 0 Å². The number of carbonyl (C=O) groups excluding carboxylic acids is 2. The third-order valence-electron chi connectivity index (χ3n) is 3.78. The van der Waals surface area contributed by atoms with Crippen LogP contribution >= 0.6 is 0 Å². The summed E-state index contributed by atoms with van der Waals surface area (Å²) in [4.78, 5) is 22.5. The SMILES string of the molecule is C/C=C/C=C\C/C=C/CC(=O)NCC(C)C.C/C=C/C=C\CC/C=C/C(=O)NCC(C)C. The molecule has 0 aliphatic rings. The van der Waals surface area contributed by atoms with E-state index in [-0.39, 0.29) is 11.8 Å². The molecular weight excluding hydrogens is 396 g/mol. The van der Waals surface area contributed by atoms with Crippen molar-refractivity contribution in [1.82, 2.24) is 10.6 Å². The number of unbranched alkanes of at least 4 members (excludes halogenated alkanes) is 1. The summed E-state index contributed by atoms with van der Waals surface area (Å²) in [6.45, 7) is 13.8. The Bertz CT molecular complexity index is 636. The quantitative estimate of drug-likeness (QED) is 0.140.